The van der Waals surface area contributed by atoms with Gasteiger partial charge in [0, 0.05) is 55.4 Å². The Hall–Kier alpha value is -5.73. The standard InChI is InChI=1S/C36H40N10O3Si/c1-22-12-14-45-31(22)35(47)46(25-9-7-6-8-10-25)33(43-45)23(2)41-32-30-28(27-17-24(42-36(37)48)18-29-26(27)11-13-38-29)19-44(34(30)40-20-39-32)21-49-15-16-50(3,4)5/h6-14,17-20,23,38H,15-16,21H2,1-5H3,(H3,37,42,48)(H,39,40,41). The number of anilines is 2. The van der Waals surface area contributed by atoms with Crippen molar-refractivity contribution in [2.24, 2.45) is 5.73 Å². The van der Waals surface area contributed by atoms with E-state index in [-0.39, 0.29) is 5.56 Å². The summed E-state index contributed by atoms with van der Waals surface area (Å²) in [5.74, 6) is 1.06. The number of rotatable bonds is 11. The van der Waals surface area contributed by atoms with Crippen LogP contribution in [0.3, 0.4) is 0 Å². The Labute approximate surface area is 289 Å². The number of ether oxygens (including phenoxy) is 1. The molecule has 0 aliphatic rings. The van der Waals surface area contributed by atoms with E-state index in [4.69, 9.17) is 25.5 Å². The Bertz CT molecular complexity index is 2420. The number of nitrogens with one attached hydrogen (secondary N) is 3. The summed E-state index contributed by atoms with van der Waals surface area (Å²) in [7, 11) is -1.30. The minimum Gasteiger partial charge on any atom is -0.361 e. The number of urea groups is 1. The highest BCUT2D eigenvalue weighted by Gasteiger charge is 2.24. The lowest BCUT2D eigenvalue weighted by molar-refractivity contribution is 0.0899. The van der Waals surface area contributed by atoms with Gasteiger partial charge in [-0.25, -0.2) is 19.3 Å². The zero-order chi connectivity index (χ0) is 35.2. The predicted molar refractivity (Wildman–Crippen MR) is 200 cm³/mol. The number of carbonyl (C=O) groups excluding carboxylic acids is 1. The second-order valence-electron chi connectivity index (χ2n) is 13.7. The summed E-state index contributed by atoms with van der Waals surface area (Å²) in [6.45, 7) is 11.8. The lowest BCUT2D eigenvalue weighted by atomic mass is 10.0. The number of aromatic nitrogens is 7. The molecule has 2 amide bonds. The number of hydrogen-bond acceptors (Lipinski definition) is 7. The fraction of sp³-hybridized carbons (Fsp3) is 0.250. The molecule has 256 valence electrons. The second-order valence-corrected chi connectivity index (χ2v) is 19.3. The van der Waals surface area contributed by atoms with Gasteiger partial charge in [0.05, 0.1) is 17.1 Å². The molecular formula is C36H40N10O3Si. The van der Waals surface area contributed by atoms with Crippen molar-refractivity contribution in [1.82, 2.24) is 33.7 Å². The van der Waals surface area contributed by atoms with Crippen molar-refractivity contribution in [1.29, 1.82) is 0 Å². The number of benzene rings is 2. The number of aryl methyl sites for hydroxylation is 1. The molecule has 0 radical (unpaired) electrons. The summed E-state index contributed by atoms with van der Waals surface area (Å²) >= 11 is 0. The van der Waals surface area contributed by atoms with Crippen molar-refractivity contribution in [3.63, 3.8) is 0 Å². The maximum Gasteiger partial charge on any atom is 0.316 e. The van der Waals surface area contributed by atoms with E-state index >= 15 is 0 Å². The lowest BCUT2D eigenvalue weighted by Crippen LogP contribution is -2.29. The van der Waals surface area contributed by atoms with E-state index in [2.05, 4.69) is 35.3 Å². The molecule has 0 bridgehead atoms. The Kier molecular flexibility index (Phi) is 8.49. The summed E-state index contributed by atoms with van der Waals surface area (Å²) in [5, 5.41) is 12.9. The molecule has 0 fully saturated rings. The zero-order valence-electron chi connectivity index (χ0n) is 28.7. The molecule has 0 aliphatic carbocycles. The van der Waals surface area contributed by atoms with Gasteiger partial charge in [-0.05, 0) is 67.4 Å². The molecule has 1 unspecified atom stereocenters. The van der Waals surface area contributed by atoms with Crippen molar-refractivity contribution < 1.29 is 9.53 Å². The molecule has 5 heterocycles. The van der Waals surface area contributed by atoms with E-state index in [1.807, 2.05) is 85.4 Å². The molecule has 13 nitrogen and oxygen atoms in total. The van der Waals surface area contributed by atoms with Gasteiger partial charge in [0.25, 0.3) is 5.56 Å². The molecule has 2 aromatic carbocycles. The van der Waals surface area contributed by atoms with Gasteiger partial charge in [0.2, 0.25) is 0 Å². The highest BCUT2D eigenvalue weighted by Crippen LogP contribution is 2.40. The Balaban J connectivity index is 1.38. The minimum atomic E-state index is -1.30. The first-order valence-electron chi connectivity index (χ1n) is 16.5. The Morgan fingerprint density at radius 1 is 1.08 bits per heavy atom. The van der Waals surface area contributed by atoms with Crippen LogP contribution in [0, 0.1) is 6.92 Å². The number of nitrogens with two attached hydrogens (primary N) is 1. The number of fused-ring (bicyclic) bond motifs is 3. The monoisotopic (exact) mass is 688 g/mol. The smallest absolute Gasteiger partial charge is 0.316 e. The first kappa shape index (κ1) is 32.8. The van der Waals surface area contributed by atoms with Crippen molar-refractivity contribution >= 4 is 53.1 Å². The van der Waals surface area contributed by atoms with Crippen molar-refractivity contribution in [2.45, 2.75) is 52.3 Å². The van der Waals surface area contributed by atoms with Crippen LogP contribution >= 0.6 is 0 Å². The van der Waals surface area contributed by atoms with Crippen molar-refractivity contribution in [3.05, 3.63) is 101 Å². The van der Waals surface area contributed by atoms with Crippen molar-refractivity contribution in [3.8, 4) is 16.8 Å². The molecule has 0 spiro atoms. The number of hydrogen-bond donors (Lipinski definition) is 4. The SMILES string of the molecule is Cc1ccn2nc(C(C)Nc3ncnc4c3c(-c3cc(NC(N)=O)cc5[nH]ccc35)cn4COCC[Si](C)(C)C)n(-c3ccccc3)c(=O)c12. The molecule has 0 aliphatic heterocycles. The third-order valence-corrected chi connectivity index (χ3v) is 10.5. The van der Waals surface area contributed by atoms with E-state index in [1.54, 1.807) is 15.3 Å². The first-order valence-corrected chi connectivity index (χ1v) is 20.2. The van der Waals surface area contributed by atoms with Crippen LogP contribution in [0.5, 0.6) is 0 Å². The molecule has 14 heteroatoms. The molecule has 0 saturated carbocycles. The van der Waals surface area contributed by atoms with Gasteiger partial charge in [-0.15, -0.1) is 0 Å². The van der Waals surface area contributed by atoms with Crippen LogP contribution in [0.2, 0.25) is 25.7 Å². The van der Waals surface area contributed by atoms with Gasteiger partial charge in [0.15, 0.2) is 5.82 Å². The summed E-state index contributed by atoms with van der Waals surface area (Å²) in [6.07, 6.45) is 7.18. The average Bonchev–Trinajstić information content (AvgIpc) is 3.80. The van der Waals surface area contributed by atoms with Crippen LogP contribution < -0.4 is 21.9 Å². The summed E-state index contributed by atoms with van der Waals surface area (Å²) in [5.41, 5.74) is 11.1. The van der Waals surface area contributed by atoms with Gasteiger partial charge >= 0.3 is 6.03 Å². The Morgan fingerprint density at radius 3 is 2.64 bits per heavy atom. The van der Waals surface area contributed by atoms with Gasteiger partial charge in [0.1, 0.15) is 30.0 Å². The molecule has 5 aromatic heterocycles. The predicted octanol–water partition coefficient (Wildman–Crippen LogP) is 6.66. The quantitative estimate of drug-likeness (QED) is 0.0872. The van der Waals surface area contributed by atoms with Gasteiger partial charge in [-0.2, -0.15) is 5.10 Å². The number of amides is 2. The minimum absolute atomic E-state index is 0.166. The summed E-state index contributed by atoms with van der Waals surface area (Å²) in [4.78, 5) is 38.6. The van der Waals surface area contributed by atoms with E-state index in [0.29, 0.717) is 47.5 Å². The summed E-state index contributed by atoms with van der Waals surface area (Å²) in [6, 6.07) is 17.0. The van der Waals surface area contributed by atoms with Crippen molar-refractivity contribution in [2.75, 3.05) is 17.2 Å². The summed E-state index contributed by atoms with van der Waals surface area (Å²) < 4.78 is 11.5. The number of aromatic amines is 1. The largest absolute Gasteiger partial charge is 0.361 e. The van der Waals surface area contributed by atoms with Gasteiger partial charge < -0.3 is 30.7 Å². The highest BCUT2D eigenvalue weighted by atomic mass is 28.3. The number of H-pyrrole nitrogens is 1. The second kappa shape index (κ2) is 12.9. The van der Waals surface area contributed by atoms with Gasteiger partial charge in [-0.1, -0.05) is 37.8 Å². The normalized spacial score (nSPS) is 12.6. The molecular weight excluding hydrogens is 649 g/mol. The third-order valence-electron chi connectivity index (χ3n) is 8.78. The van der Waals surface area contributed by atoms with Crippen LogP contribution in [-0.2, 0) is 11.5 Å². The number of carbonyl (C=O) groups is 1. The molecule has 0 saturated heterocycles. The molecule has 5 N–H and O–H groups in total. The molecule has 7 rings (SSSR count). The number of para-hydroxylation sites is 1. The topological polar surface area (TPSA) is 162 Å². The first-order chi connectivity index (χ1) is 24.0. The fourth-order valence-corrected chi connectivity index (χ4v) is 7.05. The fourth-order valence-electron chi connectivity index (χ4n) is 6.29. The van der Waals surface area contributed by atoms with E-state index in [0.717, 1.165) is 39.0 Å². The van der Waals surface area contributed by atoms with E-state index < -0.39 is 20.1 Å². The third kappa shape index (κ3) is 6.26. The zero-order valence-corrected chi connectivity index (χ0v) is 29.7. The van der Waals surface area contributed by atoms with Crippen LogP contribution in [-0.4, -0.2) is 54.4 Å². The maximum atomic E-state index is 14.0. The van der Waals surface area contributed by atoms with Crippen LogP contribution in [0.1, 0.15) is 24.4 Å². The number of nitrogens with zero attached hydrogens (tertiary/aromatic N) is 6. The number of primary amides is 1. The average molecular weight is 689 g/mol. The van der Waals surface area contributed by atoms with E-state index in [9.17, 15) is 9.59 Å². The van der Waals surface area contributed by atoms with Crippen LogP contribution in [0.4, 0.5) is 16.3 Å². The van der Waals surface area contributed by atoms with Crippen LogP contribution in [0.25, 0.3) is 44.3 Å². The highest BCUT2D eigenvalue weighted by molar-refractivity contribution is 6.76. The maximum absolute atomic E-state index is 14.0. The van der Waals surface area contributed by atoms with Gasteiger partial charge in [-0.3, -0.25) is 9.36 Å². The molecule has 50 heavy (non-hydrogen) atoms. The molecule has 1 atom stereocenters. The molecule has 7 aromatic rings. The Morgan fingerprint density at radius 2 is 1.88 bits per heavy atom. The lowest BCUT2D eigenvalue weighted by Gasteiger charge is -2.20. The van der Waals surface area contributed by atoms with Crippen LogP contribution in [0.15, 0.2) is 84.3 Å². The van der Waals surface area contributed by atoms with E-state index in [1.165, 1.54) is 6.33 Å².